The average molecular weight is 396 g/mol. The first kappa shape index (κ1) is 17.7. The van der Waals surface area contributed by atoms with Crippen molar-refractivity contribution in [3.8, 4) is 0 Å². The molecule has 2 aromatic heterocycles. The standard InChI is InChI=1S/C16H21N5O3S2/c1-19-7-5-17-16(19)26(23,24)21-6-2-3-13(21)10-20-15(22)9-12-11-25-8-4-14(12)18-20/h5,7,9,13H,2-4,6,8,10-11H2,1H3. The number of nitrogens with zero attached hydrogens (tertiary/aromatic N) is 5. The number of fused-ring (bicyclic) bond motifs is 1. The lowest BCUT2D eigenvalue weighted by molar-refractivity contribution is 0.330. The van der Waals surface area contributed by atoms with Gasteiger partial charge >= 0.3 is 0 Å². The van der Waals surface area contributed by atoms with E-state index in [1.54, 1.807) is 31.1 Å². The maximum atomic E-state index is 13.0. The van der Waals surface area contributed by atoms with Crippen LogP contribution in [0.5, 0.6) is 0 Å². The molecule has 8 nitrogen and oxygen atoms in total. The minimum Gasteiger partial charge on any atom is -0.324 e. The van der Waals surface area contributed by atoms with E-state index in [-0.39, 0.29) is 23.3 Å². The van der Waals surface area contributed by atoms with Crippen molar-refractivity contribution in [3.05, 3.63) is 40.1 Å². The van der Waals surface area contributed by atoms with Gasteiger partial charge in [0, 0.05) is 50.3 Å². The molecular formula is C16H21N5O3S2. The van der Waals surface area contributed by atoms with Crippen molar-refractivity contribution in [3.63, 3.8) is 0 Å². The van der Waals surface area contributed by atoms with Gasteiger partial charge in [-0.1, -0.05) is 0 Å². The van der Waals surface area contributed by atoms with Crippen molar-refractivity contribution in [2.24, 2.45) is 7.05 Å². The van der Waals surface area contributed by atoms with Gasteiger partial charge in [0.25, 0.3) is 15.6 Å². The predicted molar refractivity (Wildman–Crippen MR) is 98.5 cm³/mol. The molecule has 4 rings (SSSR count). The Hall–Kier alpha value is -1.65. The van der Waals surface area contributed by atoms with E-state index in [2.05, 4.69) is 10.1 Å². The summed E-state index contributed by atoms with van der Waals surface area (Å²) in [5.41, 5.74) is 1.80. The fourth-order valence-electron chi connectivity index (χ4n) is 3.60. The molecule has 0 spiro atoms. The van der Waals surface area contributed by atoms with Gasteiger partial charge in [0.2, 0.25) is 5.16 Å². The van der Waals surface area contributed by atoms with Gasteiger partial charge < -0.3 is 4.57 Å². The summed E-state index contributed by atoms with van der Waals surface area (Å²) in [6, 6.07) is 1.37. The lowest BCUT2D eigenvalue weighted by atomic mass is 10.2. The van der Waals surface area contributed by atoms with Crippen molar-refractivity contribution in [2.75, 3.05) is 12.3 Å². The highest BCUT2D eigenvalue weighted by Gasteiger charge is 2.38. The van der Waals surface area contributed by atoms with Crippen LogP contribution in [0, 0.1) is 0 Å². The van der Waals surface area contributed by atoms with E-state index in [0.29, 0.717) is 13.0 Å². The van der Waals surface area contributed by atoms with Crippen LogP contribution in [-0.2, 0) is 35.8 Å². The number of aryl methyl sites for hydroxylation is 2. The maximum absolute atomic E-state index is 13.0. The molecule has 1 atom stereocenters. The third kappa shape index (κ3) is 3.10. The fourth-order valence-corrected chi connectivity index (χ4v) is 6.31. The van der Waals surface area contributed by atoms with Gasteiger partial charge in [-0.2, -0.15) is 21.2 Å². The second-order valence-corrected chi connectivity index (χ2v) is 9.56. The molecule has 0 aromatic carbocycles. The molecule has 10 heteroatoms. The largest absolute Gasteiger partial charge is 0.324 e. The molecule has 2 aliphatic rings. The summed E-state index contributed by atoms with van der Waals surface area (Å²) < 4.78 is 30.3. The molecule has 1 saturated heterocycles. The normalized spacial score (nSPS) is 21.0. The third-order valence-electron chi connectivity index (χ3n) is 4.93. The Balaban J connectivity index is 1.62. The summed E-state index contributed by atoms with van der Waals surface area (Å²) in [5, 5.41) is 4.56. The van der Waals surface area contributed by atoms with Crippen LogP contribution >= 0.6 is 11.8 Å². The Labute approximate surface area is 156 Å². The second kappa shape index (κ2) is 6.82. The highest BCUT2D eigenvalue weighted by atomic mass is 32.2. The minimum absolute atomic E-state index is 0.0344. The van der Waals surface area contributed by atoms with Gasteiger partial charge in [-0.15, -0.1) is 0 Å². The van der Waals surface area contributed by atoms with E-state index < -0.39 is 10.0 Å². The molecule has 26 heavy (non-hydrogen) atoms. The van der Waals surface area contributed by atoms with E-state index in [1.165, 1.54) is 19.8 Å². The first-order chi connectivity index (χ1) is 12.5. The minimum atomic E-state index is -3.69. The van der Waals surface area contributed by atoms with Crippen LogP contribution in [0.25, 0.3) is 0 Å². The van der Waals surface area contributed by atoms with Crippen molar-refractivity contribution >= 4 is 21.8 Å². The van der Waals surface area contributed by atoms with Gasteiger partial charge in [0.1, 0.15) is 0 Å². The first-order valence-corrected chi connectivity index (χ1v) is 11.2. The molecule has 0 bridgehead atoms. The zero-order valence-corrected chi connectivity index (χ0v) is 16.2. The fraction of sp³-hybridized carbons (Fsp3) is 0.562. The molecule has 0 aliphatic carbocycles. The predicted octanol–water partition coefficient (Wildman–Crippen LogP) is 0.619. The lowest BCUT2D eigenvalue weighted by Gasteiger charge is -2.24. The molecule has 1 unspecified atom stereocenters. The van der Waals surface area contributed by atoms with E-state index in [4.69, 9.17) is 0 Å². The molecule has 0 amide bonds. The van der Waals surface area contributed by atoms with Gasteiger partial charge in [0.05, 0.1) is 12.2 Å². The summed E-state index contributed by atoms with van der Waals surface area (Å²) in [7, 11) is -2.02. The van der Waals surface area contributed by atoms with Crippen LogP contribution in [0.2, 0.25) is 0 Å². The number of thioether (sulfide) groups is 1. The van der Waals surface area contributed by atoms with Crippen LogP contribution in [0.4, 0.5) is 0 Å². The van der Waals surface area contributed by atoms with Crippen molar-refractivity contribution in [2.45, 2.75) is 42.8 Å². The number of hydrogen-bond donors (Lipinski definition) is 0. The van der Waals surface area contributed by atoms with Crippen LogP contribution in [0.15, 0.2) is 28.4 Å². The van der Waals surface area contributed by atoms with E-state index in [1.807, 2.05) is 0 Å². The van der Waals surface area contributed by atoms with Crippen molar-refractivity contribution in [1.29, 1.82) is 0 Å². The molecule has 140 valence electrons. The first-order valence-electron chi connectivity index (χ1n) is 8.63. The van der Waals surface area contributed by atoms with Gasteiger partial charge in [-0.3, -0.25) is 4.79 Å². The molecular weight excluding hydrogens is 374 g/mol. The summed E-state index contributed by atoms with van der Waals surface area (Å²) in [6.45, 7) is 0.721. The molecule has 4 heterocycles. The second-order valence-electron chi connectivity index (χ2n) is 6.67. The average Bonchev–Trinajstić information content (AvgIpc) is 3.25. The quantitative estimate of drug-likeness (QED) is 0.754. The van der Waals surface area contributed by atoms with Crippen LogP contribution in [-0.4, -0.2) is 50.4 Å². The van der Waals surface area contributed by atoms with E-state index in [9.17, 15) is 13.2 Å². The topological polar surface area (TPSA) is 90.1 Å². The van der Waals surface area contributed by atoms with E-state index >= 15 is 0 Å². The Morgan fingerprint density at radius 2 is 2.23 bits per heavy atom. The monoisotopic (exact) mass is 395 g/mol. The Kier molecular flexibility index (Phi) is 4.66. The smallest absolute Gasteiger partial charge is 0.277 e. The van der Waals surface area contributed by atoms with Crippen LogP contribution in [0.1, 0.15) is 24.1 Å². The Morgan fingerprint density at radius 3 is 3.00 bits per heavy atom. The number of imidazole rings is 1. The summed E-state index contributed by atoms with van der Waals surface area (Å²) in [5.74, 6) is 1.82. The van der Waals surface area contributed by atoms with Crippen LogP contribution in [0.3, 0.4) is 0 Å². The molecule has 0 saturated carbocycles. The third-order valence-corrected chi connectivity index (χ3v) is 7.89. The highest BCUT2D eigenvalue weighted by Crippen LogP contribution is 2.26. The van der Waals surface area contributed by atoms with Gasteiger partial charge in [0.15, 0.2) is 0 Å². The lowest BCUT2D eigenvalue weighted by Crippen LogP contribution is -2.41. The highest BCUT2D eigenvalue weighted by molar-refractivity contribution is 7.98. The number of sulfonamides is 1. The molecule has 2 aliphatic heterocycles. The summed E-state index contributed by atoms with van der Waals surface area (Å²) in [6.07, 6.45) is 5.42. The zero-order chi connectivity index (χ0) is 18.3. The zero-order valence-electron chi connectivity index (χ0n) is 14.5. The number of rotatable bonds is 4. The molecule has 0 radical (unpaired) electrons. The molecule has 0 N–H and O–H groups in total. The summed E-state index contributed by atoms with van der Waals surface area (Å²) in [4.78, 5) is 16.4. The van der Waals surface area contributed by atoms with Gasteiger partial charge in [-0.05, 0) is 24.2 Å². The Bertz CT molecular complexity index is 982. The van der Waals surface area contributed by atoms with Crippen molar-refractivity contribution < 1.29 is 8.42 Å². The maximum Gasteiger partial charge on any atom is 0.277 e. The summed E-state index contributed by atoms with van der Waals surface area (Å²) >= 11 is 1.80. The molecule has 2 aromatic rings. The number of hydrogen-bond acceptors (Lipinski definition) is 6. The van der Waals surface area contributed by atoms with Gasteiger partial charge in [-0.25, -0.2) is 18.1 Å². The Morgan fingerprint density at radius 1 is 1.38 bits per heavy atom. The van der Waals surface area contributed by atoms with Crippen LogP contribution < -0.4 is 5.56 Å². The number of aromatic nitrogens is 4. The van der Waals surface area contributed by atoms with E-state index in [0.717, 1.165) is 35.6 Å². The van der Waals surface area contributed by atoms with Crippen molar-refractivity contribution in [1.82, 2.24) is 23.6 Å². The molecule has 1 fully saturated rings. The SMILES string of the molecule is Cn1ccnc1S(=O)(=O)N1CCCC1Cn1nc2c(cc1=O)CSCC2.